The van der Waals surface area contributed by atoms with Crippen LogP contribution < -0.4 is 0 Å². The zero-order valence-corrected chi connectivity index (χ0v) is 13.0. The van der Waals surface area contributed by atoms with Crippen LogP contribution in [0.3, 0.4) is 0 Å². The lowest BCUT2D eigenvalue weighted by molar-refractivity contribution is 0.0497. The second-order valence-electron chi connectivity index (χ2n) is 5.32. The third-order valence-corrected chi connectivity index (χ3v) is 3.33. The van der Waals surface area contributed by atoms with E-state index in [-0.39, 0.29) is 5.69 Å². The van der Waals surface area contributed by atoms with Crippen LogP contribution in [0.4, 0.5) is 0 Å². The summed E-state index contributed by atoms with van der Waals surface area (Å²) in [6.07, 6.45) is 0.787. The van der Waals surface area contributed by atoms with Gasteiger partial charge < -0.3 is 4.74 Å². The highest BCUT2D eigenvalue weighted by molar-refractivity contribution is 5.88. The van der Waals surface area contributed by atoms with E-state index in [1.54, 1.807) is 4.68 Å². The summed E-state index contributed by atoms with van der Waals surface area (Å²) in [5.41, 5.74) is 3.11. The van der Waals surface area contributed by atoms with Gasteiger partial charge in [-0.15, -0.1) is 5.10 Å². The van der Waals surface area contributed by atoms with E-state index in [2.05, 4.69) is 36.3 Å². The van der Waals surface area contributed by atoms with Crippen LogP contribution in [0.15, 0.2) is 24.3 Å². The Morgan fingerprint density at radius 3 is 2.52 bits per heavy atom. The van der Waals surface area contributed by atoms with E-state index in [1.807, 2.05) is 26.0 Å². The third-order valence-electron chi connectivity index (χ3n) is 3.33. The molecule has 1 heterocycles. The first-order valence-electron chi connectivity index (χ1n) is 7.24. The molecule has 5 nitrogen and oxygen atoms in total. The van der Waals surface area contributed by atoms with Gasteiger partial charge >= 0.3 is 5.97 Å². The van der Waals surface area contributed by atoms with E-state index >= 15 is 0 Å². The first kappa shape index (κ1) is 15.2. The number of aromatic nitrogens is 3. The molecule has 21 heavy (non-hydrogen) atoms. The van der Waals surface area contributed by atoms with Gasteiger partial charge in [0.1, 0.15) is 0 Å². The number of hydrogen-bond donors (Lipinski definition) is 0. The zero-order chi connectivity index (χ0) is 15.4. The van der Waals surface area contributed by atoms with Crippen LogP contribution in [-0.2, 0) is 4.74 Å². The second kappa shape index (κ2) is 6.52. The lowest BCUT2D eigenvalue weighted by Crippen LogP contribution is -2.08. The van der Waals surface area contributed by atoms with Crippen molar-refractivity contribution in [3.05, 3.63) is 41.2 Å². The van der Waals surface area contributed by atoms with Crippen molar-refractivity contribution in [1.82, 2.24) is 15.0 Å². The SMILES string of the molecule is CCCOC(=O)c1nnn(-c2ccc(C(C)C)cc2)c1C. The van der Waals surface area contributed by atoms with E-state index < -0.39 is 5.97 Å². The number of hydrogen-bond acceptors (Lipinski definition) is 4. The van der Waals surface area contributed by atoms with E-state index in [0.29, 0.717) is 18.2 Å². The van der Waals surface area contributed by atoms with Crippen LogP contribution in [0, 0.1) is 6.92 Å². The number of ether oxygens (including phenoxy) is 1. The number of nitrogens with zero attached hydrogens (tertiary/aromatic N) is 3. The standard InChI is InChI=1S/C16H21N3O2/c1-5-10-21-16(20)15-12(4)19(18-17-15)14-8-6-13(7-9-14)11(2)3/h6-9,11H,5,10H2,1-4H3. The molecule has 0 saturated carbocycles. The molecule has 0 aliphatic carbocycles. The van der Waals surface area contributed by atoms with E-state index in [4.69, 9.17) is 4.74 Å². The summed E-state index contributed by atoms with van der Waals surface area (Å²) in [7, 11) is 0. The van der Waals surface area contributed by atoms with Crippen molar-refractivity contribution in [2.45, 2.75) is 40.0 Å². The van der Waals surface area contributed by atoms with Crippen LogP contribution >= 0.6 is 0 Å². The molecule has 0 amide bonds. The van der Waals surface area contributed by atoms with Crippen molar-refractivity contribution in [2.24, 2.45) is 0 Å². The number of rotatable bonds is 5. The van der Waals surface area contributed by atoms with Crippen LogP contribution in [0.2, 0.25) is 0 Å². The van der Waals surface area contributed by atoms with Crippen LogP contribution in [0.25, 0.3) is 5.69 Å². The number of benzene rings is 1. The average Bonchev–Trinajstić information content (AvgIpc) is 2.86. The molecule has 0 atom stereocenters. The molecular weight excluding hydrogens is 266 g/mol. The first-order chi connectivity index (χ1) is 10.0. The van der Waals surface area contributed by atoms with Crippen molar-refractivity contribution < 1.29 is 9.53 Å². The molecule has 1 aromatic heterocycles. The quantitative estimate of drug-likeness (QED) is 0.792. The molecule has 0 unspecified atom stereocenters. The van der Waals surface area contributed by atoms with E-state index in [1.165, 1.54) is 5.56 Å². The summed E-state index contributed by atoms with van der Waals surface area (Å²) in [6.45, 7) is 8.47. The molecule has 2 rings (SSSR count). The van der Waals surface area contributed by atoms with Gasteiger partial charge in [0.15, 0.2) is 5.69 Å². The van der Waals surface area contributed by atoms with E-state index in [0.717, 1.165) is 12.1 Å². The minimum atomic E-state index is -0.417. The van der Waals surface area contributed by atoms with Crippen molar-refractivity contribution >= 4 is 5.97 Å². The first-order valence-corrected chi connectivity index (χ1v) is 7.24. The third kappa shape index (κ3) is 3.29. The molecule has 0 fully saturated rings. The Hall–Kier alpha value is -2.17. The van der Waals surface area contributed by atoms with Crippen LogP contribution in [0.5, 0.6) is 0 Å². The van der Waals surface area contributed by atoms with Gasteiger partial charge in [0.2, 0.25) is 0 Å². The van der Waals surface area contributed by atoms with Gasteiger partial charge in [-0.3, -0.25) is 0 Å². The summed E-state index contributed by atoms with van der Waals surface area (Å²) in [5, 5.41) is 8.00. The highest BCUT2D eigenvalue weighted by Gasteiger charge is 2.18. The summed E-state index contributed by atoms with van der Waals surface area (Å²) in [6, 6.07) is 8.10. The molecule has 2 aromatic rings. The van der Waals surface area contributed by atoms with Gasteiger partial charge in [0.25, 0.3) is 0 Å². The minimum Gasteiger partial charge on any atom is -0.461 e. The molecule has 0 N–H and O–H groups in total. The summed E-state index contributed by atoms with van der Waals surface area (Å²) in [5.74, 6) is 0.0647. The predicted octanol–water partition coefficient (Wildman–Crippen LogP) is 3.27. The topological polar surface area (TPSA) is 57.0 Å². The Labute approximate surface area is 124 Å². The van der Waals surface area contributed by atoms with Gasteiger partial charge in [0, 0.05) is 0 Å². The smallest absolute Gasteiger partial charge is 0.360 e. The molecule has 0 aliphatic heterocycles. The van der Waals surface area contributed by atoms with Gasteiger partial charge in [-0.2, -0.15) is 0 Å². The fourth-order valence-electron chi connectivity index (χ4n) is 2.03. The zero-order valence-electron chi connectivity index (χ0n) is 13.0. The van der Waals surface area contributed by atoms with Crippen molar-refractivity contribution in [1.29, 1.82) is 0 Å². The number of esters is 1. The Morgan fingerprint density at radius 1 is 1.29 bits per heavy atom. The molecule has 112 valence electrons. The van der Waals surface area contributed by atoms with Crippen LogP contribution in [0.1, 0.15) is 54.9 Å². The summed E-state index contributed by atoms with van der Waals surface area (Å²) >= 11 is 0. The molecule has 0 saturated heterocycles. The largest absolute Gasteiger partial charge is 0.461 e. The van der Waals surface area contributed by atoms with Gasteiger partial charge in [-0.05, 0) is 37.0 Å². The fraction of sp³-hybridized carbons (Fsp3) is 0.438. The highest BCUT2D eigenvalue weighted by atomic mass is 16.5. The van der Waals surface area contributed by atoms with Gasteiger partial charge in [-0.25, -0.2) is 9.48 Å². The van der Waals surface area contributed by atoms with Crippen molar-refractivity contribution in [2.75, 3.05) is 6.61 Å². The Balaban J connectivity index is 2.25. The maximum Gasteiger partial charge on any atom is 0.360 e. The molecule has 0 aliphatic rings. The maximum atomic E-state index is 11.9. The van der Waals surface area contributed by atoms with Gasteiger partial charge in [0.05, 0.1) is 18.0 Å². The van der Waals surface area contributed by atoms with Gasteiger partial charge in [-0.1, -0.05) is 38.1 Å². The molecule has 0 bridgehead atoms. The van der Waals surface area contributed by atoms with Crippen LogP contribution in [-0.4, -0.2) is 27.6 Å². The van der Waals surface area contributed by atoms with Crippen molar-refractivity contribution in [3.8, 4) is 5.69 Å². The van der Waals surface area contributed by atoms with E-state index in [9.17, 15) is 4.79 Å². The molecular formula is C16H21N3O2. The number of carbonyl (C=O) groups excluding carboxylic acids is 1. The Morgan fingerprint density at radius 2 is 1.95 bits per heavy atom. The maximum absolute atomic E-state index is 11.9. The monoisotopic (exact) mass is 287 g/mol. The molecule has 1 aromatic carbocycles. The number of carbonyl (C=O) groups is 1. The fourth-order valence-corrected chi connectivity index (χ4v) is 2.03. The average molecular weight is 287 g/mol. The molecule has 0 spiro atoms. The highest BCUT2D eigenvalue weighted by Crippen LogP contribution is 2.18. The van der Waals surface area contributed by atoms with Crippen molar-refractivity contribution in [3.63, 3.8) is 0 Å². The normalized spacial score (nSPS) is 10.9. The predicted molar refractivity (Wildman–Crippen MR) is 80.8 cm³/mol. The summed E-state index contributed by atoms with van der Waals surface area (Å²) < 4.78 is 6.76. The minimum absolute atomic E-state index is 0.274. The lowest BCUT2D eigenvalue weighted by Gasteiger charge is -2.08. The molecule has 0 radical (unpaired) electrons. The molecule has 5 heteroatoms. The Kier molecular flexibility index (Phi) is 4.73. The second-order valence-corrected chi connectivity index (χ2v) is 5.32. The lowest BCUT2D eigenvalue weighted by atomic mass is 10.0. The Bertz CT molecular complexity index is 615. The summed E-state index contributed by atoms with van der Waals surface area (Å²) in [4.78, 5) is 11.9.